The van der Waals surface area contributed by atoms with Gasteiger partial charge in [0, 0.05) is 49.8 Å². The van der Waals surface area contributed by atoms with E-state index in [1.165, 1.54) is 6.07 Å². The Morgan fingerprint density at radius 2 is 1.86 bits per heavy atom. The van der Waals surface area contributed by atoms with Crippen LogP contribution in [-0.4, -0.2) is 48.8 Å². The molecule has 0 bridgehead atoms. The Bertz CT molecular complexity index is 1130. The first-order valence-corrected chi connectivity index (χ1v) is 13.0. The standard InChI is InChI=1S/C29H36FN3O3/c1-19-15-24(28(35)31-11-7-13-32-12-6-10-26(32)34)16-20(2)27(19)33-18-22(14-21(3)29(33)36)17-23-8-4-5-9-25(23)30/h4-5,8-9,15-16,21-22H,6-7,10-14,17-18H2,1-3H3,(H,31,35)/t21-,22-/m1/s1. The normalized spacial score (nSPS) is 20.2. The summed E-state index contributed by atoms with van der Waals surface area (Å²) in [6, 6.07) is 10.5. The fourth-order valence-corrected chi connectivity index (χ4v) is 5.64. The van der Waals surface area contributed by atoms with Crippen molar-refractivity contribution < 1.29 is 18.8 Å². The summed E-state index contributed by atoms with van der Waals surface area (Å²) in [6.45, 7) is 8.29. The Morgan fingerprint density at radius 3 is 2.53 bits per heavy atom. The number of carbonyl (C=O) groups is 3. The van der Waals surface area contributed by atoms with Gasteiger partial charge in [0.15, 0.2) is 0 Å². The van der Waals surface area contributed by atoms with Crippen molar-refractivity contribution in [3.63, 3.8) is 0 Å². The monoisotopic (exact) mass is 493 g/mol. The highest BCUT2D eigenvalue weighted by Gasteiger charge is 2.34. The molecule has 192 valence electrons. The van der Waals surface area contributed by atoms with E-state index in [0.717, 1.165) is 42.6 Å². The van der Waals surface area contributed by atoms with Crippen molar-refractivity contribution in [1.82, 2.24) is 10.2 Å². The van der Waals surface area contributed by atoms with Gasteiger partial charge in [-0.1, -0.05) is 25.1 Å². The van der Waals surface area contributed by atoms with E-state index in [0.29, 0.717) is 43.6 Å². The van der Waals surface area contributed by atoms with E-state index < -0.39 is 0 Å². The molecule has 2 aliphatic rings. The average molecular weight is 494 g/mol. The molecule has 2 aromatic carbocycles. The molecule has 2 heterocycles. The van der Waals surface area contributed by atoms with E-state index in [1.807, 2.05) is 54.8 Å². The van der Waals surface area contributed by atoms with Gasteiger partial charge in [0.1, 0.15) is 5.82 Å². The van der Waals surface area contributed by atoms with Gasteiger partial charge in [0.25, 0.3) is 5.91 Å². The molecule has 1 N–H and O–H groups in total. The van der Waals surface area contributed by atoms with Crippen molar-refractivity contribution in [3.8, 4) is 0 Å². The molecular formula is C29H36FN3O3. The van der Waals surface area contributed by atoms with Gasteiger partial charge in [-0.15, -0.1) is 0 Å². The van der Waals surface area contributed by atoms with E-state index in [9.17, 15) is 18.8 Å². The highest BCUT2D eigenvalue weighted by atomic mass is 19.1. The molecular weight excluding hydrogens is 457 g/mol. The Morgan fingerprint density at radius 1 is 1.14 bits per heavy atom. The van der Waals surface area contributed by atoms with Gasteiger partial charge in [0.05, 0.1) is 0 Å². The molecule has 2 atom stereocenters. The zero-order valence-electron chi connectivity index (χ0n) is 21.5. The molecule has 2 saturated heterocycles. The molecule has 2 fully saturated rings. The lowest BCUT2D eigenvalue weighted by molar-refractivity contribution is -0.127. The zero-order valence-corrected chi connectivity index (χ0v) is 21.5. The molecule has 6 nitrogen and oxygen atoms in total. The van der Waals surface area contributed by atoms with Crippen LogP contribution in [0, 0.1) is 31.5 Å². The van der Waals surface area contributed by atoms with Crippen LogP contribution in [0.5, 0.6) is 0 Å². The number of carbonyl (C=O) groups excluding carboxylic acids is 3. The Balaban J connectivity index is 1.42. The van der Waals surface area contributed by atoms with Gasteiger partial charge in [0.2, 0.25) is 11.8 Å². The van der Waals surface area contributed by atoms with Gasteiger partial charge >= 0.3 is 0 Å². The summed E-state index contributed by atoms with van der Waals surface area (Å²) in [5.41, 5.74) is 3.82. The minimum Gasteiger partial charge on any atom is -0.352 e. The van der Waals surface area contributed by atoms with Gasteiger partial charge in [-0.3, -0.25) is 14.4 Å². The minimum absolute atomic E-state index is 0.0691. The van der Waals surface area contributed by atoms with Crippen molar-refractivity contribution in [2.75, 3.05) is 31.1 Å². The van der Waals surface area contributed by atoms with Crippen molar-refractivity contribution in [2.45, 2.75) is 52.9 Å². The number of nitrogens with zero attached hydrogens (tertiary/aromatic N) is 2. The van der Waals surface area contributed by atoms with Crippen LogP contribution in [0.2, 0.25) is 0 Å². The first-order chi connectivity index (χ1) is 17.2. The predicted molar refractivity (Wildman–Crippen MR) is 138 cm³/mol. The lowest BCUT2D eigenvalue weighted by atomic mass is 9.84. The number of hydrogen-bond donors (Lipinski definition) is 1. The molecule has 2 aliphatic heterocycles. The highest BCUT2D eigenvalue weighted by molar-refractivity contribution is 5.99. The molecule has 7 heteroatoms. The number of piperidine rings is 1. The van der Waals surface area contributed by atoms with Crippen molar-refractivity contribution in [1.29, 1.82) is 0 Å². The molecule has 0 spiro atoms. The Hall–Kier alpha value is -3.22. The maximum atomic E-state index is 14.3. The molecule has 3 amide bonds. The van der Waals surface area contributed by atoms with Crippen LogP contribution in [0.4, 0.5) is 10.1 Å². The van der Waals surface area contributed by atoms with Crippen LogP contribution in [-0.2, 0) is 16.0 Å². The number of aryl methyl sites for hydroxylation is 2. The summed E-state index contributed by atoms with van der Waals surface area (Å²) in [5, 5.41) is 2.95. The molecule has 0 radical (unpaired) electrons. The van der Waals surface area contributed by atoms with Gasteiger partial charge in [-0.25, -0.2) is 4.39 Å². The summed E-state index contributed by atoms with van der Waals surface area (Å²) in [4.78, 5) is 41.4. The summed E-state index contributed by atoms with van der Waals surface area (Å²) < 4.78 is 14.3. The molecule has 4 rings (SSSR count). The first-order valence-electron chi connectivity index (χ1n) is 13.0. The van der Waals surface area contributed by atoms with Crippen LogP contribution in [0.15, 0.2) is 36.4 Å². The van der Waals surface area contributed by atoms with Crippen molar-refractivity contribution in [2.24, 2.45) is 11.8 Å². The third kappa shape index (κ3) is 5.77. The molecule has 0 aromatic heterocycles. The van der Waals surface area contributed by atoms with E-state index in [-0.39, 0.29) is 35.4 Å². The van der Waals surface area contributed by atoms with E-state index in [1.54, 1.807) is 6.07 Å². The van der Waals surface area contributed by atoms with E-state index in [2.05, 4.69) is 5.32 Å². The summed E-state index contributed by atoms with van der Waals surface area (Å²) >= 11 is 0. The summed E-state index contributed by atoms with van der Waals surface area (Å²) in [6.07, 6.45) is 3.57. The lowest BCUT2D eigenvalue weighted by Crippen LogP contribution is -2.46. The maximum absolute atomic E-state index is 14.3. The second-order valence-corrected chi connectivity index (χ2v) is 10.3. The highest BCUT2D eigenvalue weighted by Crippen LogP contribution is 2.34. The number of rotatable bonds is 8. The molecule has 0 unspecified atom stereocenters. The Labute approximate surface area is 212 Å². The largest absolute Gasteiger partial charge is 0.352 e. The zero-order chi connectivity index (χ0) is 25.8. The smallest absolute Gasteiger partial charge is 0.251 e. The second-order valence-electron chi connectivity index (χ2n) is 10.3. The third-order valence-corrected chi connectivity index (χ3v) is 7.37. The number of likely N-dealkylation sites (tertiary alicyclic amines) is 1. The Kier molecular flexibility index (Phi) is 8.07. The van der Waals surface area contributed by atoms with E-state index in [4.69, 9.17) is 0 Å². The number of benzene rings is 2. The van der Waals surface area contributed by atoms with Crippen LogP contribution in [0.3, 0.4) is 0 Å². The van der Waals surface area contributed by atoms with Crippen LogP contribution in [0.25, 0.3) is 0 Å². The number of amides is 3. The van der Waals surface area contributed by atoms with Crippen LogP contribution < -0.4 is 10.2 Å². The second kappa shape index (κ2) is 11.2. The van der Waals surface area contributed by atoms with Gasteiger partial charge in [-0.05, 0) is 80.3 Å². The third-order valence-electron chi connectivity index (χ3n) is 7.37. The average Bonchev–Trinajstić information content (AvgIpc) is 3.25. The summed E-state index contributed by atoms with van der Waals surface area (Å²) in [5.74, 6) is -0.0983. The number of hydrogen-bond acceptors (Lipinski definition) is 3. The van der Waals surface area contributed by atoms with Crippen molar-refractivity contribution in [3.05, 3.63) is 64.5 Å². The maximum Gasteiger partial charge on any atom is 0.251 e. The number of anilines is 1. The SMILES string of the molecule is Cc1cc(C(=O)NCCCN2CCCC2=O)cc(C)c1N1C[C@@H](Cc2ccccc2F)C[C@@H](C)C1=O. The topological polar surface area (TPSA) is 69.7 Å². The van der Waals surface area contributed by atoms with Crippen molar-refractivity contribution >= 4 is 23.4 Å². The van der Waals surface area contributed by atoms with Crippen LogP contribution in [0.1, 0.15) is 59.7 Å². The van der Waals surface area contributed by atoms with Crippen LogP contribution >= 0.6 is 0 Å². The molecule has 2 aromatic rings. The van der Waals surface area contributed by atoms with Gasteiger partial charge in [-0.2, -0.15) is 0 Å². The lowest BCUT2D eigenvalue weighted by Gasteiger charge is -2.38. The fraction of sp³-hybridized carbons (Fsp3) is 0.483. The minimum atomic E-state index is -0.205. The first kappa shape index (κ1) is 25.9. The quantitative estimate of drug-likeness (QED) is 0.554. The van der Waals surface area contributed by atoms with E-state index >= 15 is 0 Å². The number of halogens is 1. The predicted octanol–water partition coefficient (Wildman–Crippen LogP) is 4.42. The van der Waals surface area contributed by atoms with Gasteiger partial charge < -0.3 is 15.1 Å². The fourth-order valence-electron chi connectivity index (χ4n) is 5.64. The summed E-state index contributed by atoms with van der Waals surface area (Å²) in [7, 11) is 0. The molecule has 0 saturated carbocycles. The molecule has 36 heavy (non-hydrogen) atoms. The number of nitrogens with one attached hydrogen (secondary N) is 1. The molecule has 0 aliphatic carbocycles.